The number of amides is 1. The van der Waals surface area contributed by atoms with Crippen LogP contribution in [0.5, 0.6) is 0 Å². The second-order valence-corrected chi connectivity index (χ2v) is 8.48. The number of aromatic nitrogens is 2. The fourth-order valence-corrected chi connectivity index (χ4v) is 5.15. The number of carbonyl (C=O) groups excluding carboxylic acids is 1. The lowest BCUT2D eigenvalue weighted by atomic mass is 9.45. The van der Waals surface area contributed by atoms with Gasteiger partial charge in [0.2, 0.25) is 5.91 Å². The van der Waals surface area contributed by atoms with Gasteiger partial charge in [0.1, 0.15) is 5.82 Å². The van der Waals surface area contributed by atoms with Crippen LogP contribution in [0.25, 0.3) is 10.9 Å². The highest BCUT2D eigenvalue weighted by molar-refractivity contribution is 5.85. The molecule has 26 heavy (non-hydrogen) atoms. The zero-order chi connectivity index (χ0) is 18.5. The van der Waals surface area contributed by atoms with Crippen molar-refractivity contribution in [2.45, 2.75) is 52.9 Å². The van der Waals surface area contributed by atoms with Gasteiger partial charge >= 0.3 is 0 Å². The molecule has 1 amide bonds. The first-order valence-electron chi connectivity index (χ1n) is 9.72. The molecule has 3 atom stereocenters. The van der Waals surface area contributed by atoms with E-state index in [0.717, 1.165) is 12.3 Å². The highest BCUT2D eigenvalue weighted by atomic mass is 16.2. The predicted molar refractivity (Wildman–Crippen MR) is 102 cm³/mol. The van der Waals surface area contributed by atoms with Crippen molar-refractivity contribution in [2.75, 3.05) is 5.43 Å². The molecule has 1 aromatic heterocycles. The van der Waals surface area contributed by atoms with Crippen LogP contribution in [0.1, 0.15) is 52.3 Å². The molecule has 3 aliphatic carbocycles. The van der Waals surface area contributed by atoms with Crippen molar-refractivity contribution < 1.29 is 4.79 Å². The van der Waals surface area contributed by atoms with E-state index in [-0.39, 0.29) is 11.5 Å². The minimum Gasteiger partial charge on any atom is -0.273 e. The van der Waals surface area contributed by atoms with Gasteiger partial charge in [0.15, 0.2) is 0 Å². The van der Waals surface area contributed by atoms with Gasteiger partial charge < -0.3 is 0 Å². The quantitative estimate of drug-likeness (QED) is 0.915. The maximum atomic E-state index is 12.8. The number of nitrogens with zero attached hydrogens (tertiary/aromatic N) is 2. The van der Waals surface area contributed by atoms with E-state index < -0.39 is 0 Å². The number of aryl methyl sites for hydroxylation is 1. The fourth-order valence-electron chi connectivity index (χ4n) is 5.15. The Bertz CT molecular complexity index is 913. The van der Waals surface area contributed by atoms with Crippen molar-refractivity contribution in [1.82, 2.24) is 9.66 Å². The van der Waals surface area contributed by atoms with Crippen molar-refractivity contribution in [2.24, 2.45) is 23.2 Å². The number of carbonyl (C=O) groups is 1. The molecular formula is C21H27N3O2. The van der Waals surface area contributed by atoms with Gasteiger partial charge in [-0.25, -0.2) is 9.66 Å². The molecule has 1 heterocycles. The molecule has 1 aromatic carbocycles. The van der Waals surface area contributed by atoms with E-state index in [1.54, 1.807) is 6.07 Å². The summed E-state index contributed by atoms with van der Waals surface area (Å²) in [5.74, 6) is 2.39. The molecule has 1 N–H and O–H groups in total. The monoisotopic (exact) mass is 353 g/mol. The minimum absolute atomic E-state index is 0.0787. The van der Waals surface area contributed by atoms with E-state index in [9.17, 15) is 9.59 Å². The SMILES string of the molecule is CCc1nc2ccccc2c(=O)n1NC(=O)C[C@@H]1CC[C@H]2C[C@@H]1C2(C)C. The smallest absolute Gasteiger partial charge is 0.273 e. The summed E-state index contributed by atoms with van der Waals surface area (Å²) in [4.78, 5) is 30.1. The summed E-state index contributed by atoms with van der Waals surface area (Å²) in [5, 5.41) is 0.533. The summed E-state index contributed by atoms with van der Waals surface area (Å²) in [7, 11) is 0. The van der Waals surface area contributed by atoms with Gasteiger partial charge in [0, 0.05) is 12.8 Å². The van der Waals surface area contributed by atoms with Crippen molar-refractivity contribution in [3.63, 3.8) is 0 Å². The second-order valence-electron chi connectivity index (χ2n) is 8.48. The Morgan fingerprint density at radius 1 is 1.31 bits per heavy atom. The molecule has 2 aromatic rings. The van der Waals surface area contributed by atoms with Crippen LogP contribution in [0, 0.1) is 23.2 Å². The van der Waals surface area contributed by atoms with Crippen molar-refractivity contribution in [3.8, 4) is 0 Å². The zero-order valence-electron chi connectivity index (χ0n) is 15.8. The Kier molecular flexibility index (Phi) is 4.13. The lowest BCUT2D eigenvalue weighted by Gasteiger charge is -2.60. The third-order valence-electron chi connectivity index (χ3n) is 6.85. The maximum Gasteiger partial charge on any atom is 0.280 e. The summed E-state index contributed by atoms with van der Waals surface area (Å²) in [6, 6.07) is 7.28. The van der Waals surface area contributed by atoms with E-state index in [1.165, 1.54) is 17.5 Å². The van der Waals surface area contributed by atoms with Gasteiger partial charge in [-0.1, -0.05) is 32.9 Å². The molecule has 138 valence electrons. The summed E-state index contributed by atoms with van der Waals surface area (Å²) in [5.41, 5.74) is 3.67. The molecule has 2 bridgehead atoms. The van der Waals surface area contributed by atoms with Crippen LogP contribution in [0.3, 0.4) is 0 Å². The molecule has 3 saturated carbocycles. The average Bonchev–Trinajstić information content (AvgIpc) is 2.63. The lowest BCUT2D eigenvalue weighted by molar-refractivity contribution is -0.129. The molecular weight excluding hydrogens is 326 g/mol. The van der Waals surface area contributed by atoms with Crippen molar-refractivity contribution in [1.29, 1.82) is 0 Å². The molecule has 5 heteroatoms. The first kappa shape index (κ1) is 17.3. The van der Waals surface area contributed by atoms with Crippen LogP contribution in [0.15, 0.2) is 29.1 Å². The van der Waals surface area contributed by atoms with Gasteiger partial charge in [-0.2, -0.15) is 0 Å². The summed E-state index contributed by atoms with van der Waals surface area (Å²) >= 11 is 0. The molecule has 3 fully saturated rings. The Morgan fingerprint density at radius 2 is 2.08 bits per heavy atom. The molecule has 0 aliphatic heterocycles. The Balaban J connectivity index is 1.56. The number of hydrogen-bond acceptors (Lipinski definition) is 3. The predicted octanol–water partition coefficient (Wildman–Crippen LogP) is 3.49. The standard InChI is InChI=1S/C21H27N3O2/c1-4-18-22-17-8-6-5-7-15(17)20(26)24(18)23-19(25)11-13-9-10-14-12-16(13)21(14,2)3/h5-8,13-14,16H,4,9-12H2,1-3H3,(H,23,25)/t13-,14-,16-/m0/s1. The van der Waals surface area contributed by atoms with Crippen LogP contribution in [0.2, 0.25) is 0 Å². The van der Waals surface area contributed by atoms with E-state index >= 15 is 0 Å². The number of para-hydroxylation sites is 1. The molecule has 0 radical (unpaired) electrons. The highest BCUT2D eigenvalue weighted by Crippen LogP contribution is 2.61. The van der Waals surface area contributed by atoms with E-state index in [2.05, 4.69) is 24.3 Å². The lowest BCUT2D eigenvalue weighted by Crippen LogP contribution is -2.53. The number of nitrogens with one attached hydrogen (secondary N) is 1. The van der Waals surface area contributed by atoms with Crippen LogP contribution >= 0.6 is 0 Å². The third-order valence-corrected chi connectivity index (χ3v) is 6.85. The normalized spacial score (nSPS) is 26.3. The molecule has 3 aliphatic rings. The van der Waals surface area contributed by atoms with E-state index in [4.69, 9.17) is 0 Å². The van der Waals surface area contributed by atoms with Gasteiger partial charge in [-0.3, -0.25) is 15.0 Å². The van der Waals surface area contributed by atoms with Gasteiger partial charge in [-0.05, 0) is 54.6 Å². The fraction of sp³-hybridized carbons (Fsp3) is 0.571. The Morgan fingerprint density at radius 3 is 2.77 bits per heavy atom. The number of hydrogen-bond donors (Lipinski definition) is 1. The van der Waals surface area contributed by atoms with Gasteiger partial charge in [0.25, 0.3) is 5.56 Å². The van der Waals surface area contributed by atoms with E-state index in [0.29, 0.717) is 46.8 Å². The number of fused-ring (bicyclic) bond motifs is 3. The molecule has 0 spiro atoms. The zero-order valence-corrected chi connectivity index (χ0v) is 15.8. The number of rotatable bonds is 4. The van der Waals surface area contributed by atoms with Gasteiger partial charge in [-0.15, -0.1) is 0 Å². The minimum atomic E-state index is -0.200. The summed E-state index contributed by atoms with van der Waals surface area (Å²) in [6.45, 7) is 6.61. The van der Waals surface area contributed by atoms with Crippen LogP contribution in [0.4, 0.5) is 0 Å². The summed E-state index contributed by atoms with van der Waals surface area (Å²) < 4.78 is 1.35. The van der Waals surface area contributed by atoms with Crippen LogP contribution in [-0.4, -0.2) is 15.6 Å². The van der Waals surface area contributed by atoms with E-state index in [1.807, 2.05) is 25.1 Å². The van der Waals surface area contributed by atoms with Crippen LogP contribution < -0.4 is 11.0 Å². The van der Waals surface area contributed by atoms with Crippen molar-refractivity contribution >= 4 is 16.8 Å². The summed E-state index contributed by atoms with van der Waals surface area (Å²) in [6.07, 6.45) is 4.67. The van der Waals surface area contributed by atoms with Crippen LogP contribution in [-0.2, 0) is 11.2 Å². The maximum absolute atomic E-state index is 12.8. The number of benzene rings is 1. The second kappa shape index (κ2) is 6.22. The largest absolute Gasteiger partial charge is 0.280 e. The van der Waals surface area contributed by atoms with Gasteiger partial charge in [0.05, 0.1) is 10.9 Å². The highest BCUT2D eigenvalue weighted by Gasteiger charge is 2.54. The topological polar surface area (TPSA) is 64.0 Å². The molecule has 0 unspecified atom stereocenters. The van der Waals surface area contributed by atoms with Crippen molar-refractivity contribution in [3.05, 3.63) is 40.4 Å². The molecule has 5 nitrogen and oxygen atoms in total. The molecule has 5 rings (SSSR count). The average molecular weight is 353 g/mol. The molecule has 0 saturated heterocycles. The first-order valence-corrected chi connectivity index (χ1v) is 9.72. The Labute approximate surface area is 153 Å². The third kappa shape index (κ3) is 2.65. The first-order chi connectivity index (χ1) is 12.4. The Hall–Kier alpha value is -2.17.